The molecule has 0 atom stereocenters. The summed E-state index contributed by atoms with van der Waals surface area (Å²) in [6, 6.07) is 70.3. The van der Waals surface area contributed by atoms with Crippen molar-refractivity contribution in [1.82, 2.24) is 0 Å². The average molecular weight is 737 g/mol. The lowest BCUT2D eigenvalue weighted by molar-refractivity contribution is 0.669. The molecule has 11 aromatic carbocycles. The fraction of sp³-hybridized carbons (Fsp3) is 0. The topological polar surface area (TPSA) is 26.3 Å². The van der Waals surface area contributed by atoms with Crippen molar-refractivity contribution >= 4 is 87.0 Å². The van der Waals surface area contributed by atoms with Gasteiger partial charge in [-0.3, -0.25) is 0 Å². The SMILES string of the molecule is c1ccc(-c2ccc3ccc4c(-c5cccc(-c6ccc(-c7cccc8oc9ccccc9c78)c7oc8cc9ccccc9cc8c67)c5)ccc5ccc2c3c54)cc1. The summed E-state index contributed by atoms with van der Waals surface area (Å²) in [5.41, 5.74) is 12.9. The maximum Gasteiger partial charge on any atom is 0.143 e. The Hall–Kier alpha value is -7.68. The summed E-state index contributed by atoms with van der Waals surface area (Å²) >= 11 is 0. The standard InChI is InChI=1S/C56H32O2/c1-2-10-33(11-3-1)40-24-20-34-23-27-45-41(25-21-35-22-26-44(40)52(34)53(35)45)38-14-8-15-39(30-38)42-28-29-46(43-17-9-19-50-54(43)47-16-6-7-18-49(47)57-50)56-55(42)48-31-36-12-4-5-13-37(36)32-51(48)58-56/h1-32H. The summed E-state index contributed by atoms with van der Waals surface area (Å²) in [6.07, 6.45) is 0. The van der Waals surface area contributed by atoms with Gasteiger partial charge in [0, 0.05) is 27.1 Å². The van der Waals surface area contributed by atoms with Gasteiger partial charge in [-0.1, -0.05) is 158 Å². The van der Waals surface area contributed by atoms with Crippen LogP contribution in [0.3, 0.4) is 0 Å². The molecule has 0 radical (unpaired) electrons. The molecule has 0 unspecified atom stereocenters. The molecule has 2 heteroatoms. The number of rotatable bonds is 4. The molecule has 0 N–H and O–H groups in total. The van der Waals surface area contributed by atoms with E-state index in [2.05, 4.69) is 182 Å². The normalized spacial score (nSPS) is 12.1. The first-order valence-electron chi connectivity index (χ1n) is 19.9. The zero-order valence-corrected chi connectivity index (χ0v) is 31.3. The van der Waals surface area contributed by atoms with Gasteiger partial charge in [0.25, 0.3) is 0 Å². The summed E-state index contributed by atoms with van der Waals surface area (Å²) < 4.78 is 13.3. The first-order valence-corrected chi connectivity index (χ1v) is 19.9. The maximum atomic E-state index is 6.99. The Kier molecular flexibility index (Phi) is 6.47. The average Bonchev–Trinajstić information content (AvgIpc) is 3.86. The lowest BCUT2D eigenvalue weighted by Gasteiger charge is -2.17. The van der Waals surface area contributed by atoms with Crippen molar-refractivity contribution in [2.45, 2.75) is 0 Å². The summed E-state index contributed by atoms with van der Waals surface area (Å²) in [4.78, 5) is 0. The first kappa shape index (κ1) is 31.5. The molecular weight excluding hydrogens is 705 g/mol. The van der Waals surface area contributed by atoms with Crippen LogP contribution < -0.4 is 0 Å². The smallest absolute Gasteiger partial charge is 0.143 e. The van der Waals surface area contributed by atoms with Crippen LogP contribution in [0.1, 0.15) is 0 Å². The third-order valence-electron chi connectivity index (χ3n) is 12.4. The van der Waals surface area contributed by atoms with Crippen LogP contribution in [0, 0.1) is 0 Å². The van der Waals surface area contributed by atoms with E-state index in [1.807, 2.05) is 12.1 Å². The Bertz CT molecular complexity index is 3790. The van der Waals surface area contributed by atoms with E-state index in [0.29, 0.717) is 0 Å². The number of fused-ring (bicyclic) bond motifs is 7. The third kappa shape index (κ3) is 4.48. The molecule has 0 aliphatic rings. The number of para-hydroxylation sites is 1. The van der Waals surface area contributed by atoms with Crippen molar-refractivity contribution in [2.24, 2.45) is 0 Å². The molecule has 2 heterocycles. The van der Waals surface area contributed by atoms with Crippen molar-refractivity contribution in [3.8, 4) is 44.5 Å². The van der Waals surface area contributed by atoms with Gasteiger partial charge in [-0.25, -0.2) is 0 Å². The van der Waals surface area contributed by atoms with Gasteiger partial charge in [0.2, 0.25) is 0 Å². The van der Waals surface area contributed by atoms with Gasteiger partial charge in [0.1, 0.15) is 22.3 Å². The molecule has 2 nitrogen and oxygen atoms in total. The lowest BCUT2D eigenvalue weighted by Crippen LogP contribution is -1.90. The second kappa shape index (κ2) is 11.9. The van der Waals surface area contributed by atoms with Gasteiger partial charge in [-0.05, 0) is 118 Å². The van der Waals surface area contributed by atoms with Crippen LogP contribution in [0.25, 0.3) is 131 Å². The Morgan fingerprint density at radius 3 is 1.62 bits per heavy atom. The van der Waals surface area contributed by atoms with Gasteiger partial charge in [0.15, 0.2) is 0 Å². The van der Waals surface area contributed by atoms with Crippen molar-refractivity contribution in [3.63, 3.8) is 0 Å². The summed E-state index contributed by atoms with van der Waals surface area (Å²) in [5.74, 6) is 0. The van der Waals surface area contributed by atoms with Crippen LogP contribution in [-0.2, 0) is 0 Å². The highest BCUT2D eigenvalue weighted by atomic mass is 16.3. The molecule has 0 fully saturated rings. The second-order valence-electron chi connectivity index (χ2n) is 15.5. The zero-order valence-electron chi connectivity index (χ0n) is 31.3. The van der Waals surface area contributed by atoms with Crippen LogP contribution in [0.5, 0.6) is 0 Å². The van der Waals surface area contributed by atoms with Crippen molar-refractivity contribution in [3.05, 3.63) is 194 Å². The number of hydrogen-bond acceptors (Lipinski definition) is 2. The van der Waals surface area contributed by atoms with Crippen LogP contribution in [0.2, 0.25) is 0 Å². The Morgan fingerprint density at radius 2 is 0.828 bits per heavy atom. The molecule has 0 bridgehead atoms. The van der Waals surface area contributed by atoms with Crippen LogP contribution in [0.15, 0.2) is 203 Å². The molecule has 0 amide bonds. The fourth-order valence-electron chi connectivity index (χ4n) is 9.79. The summed E-state index contributed by atoms with van der Waals surface area (Å²) in [5, 5.41) is 14.5. The molecular formula is C56H32O2. The van der Waals surface area contributed by atoms with Crippen LogP contribution in [-0.4, -0.2) is 0 Å². The minimum atomic E-state index is 0.870. The van der Waals surface area contributed by atoms with E-state index in [0.717, 1.165) is 71.5 Å². The highest BCUT2D eigenvalue weighted by Gasteiger charge is 2.22. The molecule has 2 aromatic heterocycles. The predicted octanol–water partition coefficient (Wildman–Crippen LogP) is 16.2. The van der Waals surface area contributed by atoms with Crippen molar-refractivity contribution < 1.29 is 8.83 Å². The van der Waals surface area contributed by atoms with Crippen molar-refractivity contribution in [2.75, 3.05) is 0 Å². The predicted molar refractivity (Wildman–Crippen MR) is 244 cm³/mol. The number of furan rings is 2. The molecule has 13 aromatic rings. The molecule has 0 saturated carbocycles. The Morgan fingerprint density at radius 1 is 0.241 bits per heavy atom. The van der Waals surface area contributed by atoms with Crippen LogP contribution in [0.4, 0.5) is 0 Å². The van der Waals surface area contributed by atoms with E-state index in [4.69, 9.17) is 8.83 Å². The first-order chi connectivity index (χ1) is 28.7. The molecule has 13 rings (SSSR count). The quantitative estimate of drug-likeness (QED) is 0.168. The fourth-order valence-corrected chi connectivity index (χ4v) is 9.79. The third-order valence-corrected chi connectivity index (χ3v) is 12.4. The van der Waals surface area contributed by atoms with E-state index < -0.39 is 0 Å². The van der Waals surface area contributed by atoms with E-state index in [1.54, 1.807) is 0 Å². The second-order valence-corrected chi connectivity index (χ2v) is 15.5. The maximum absolute atomic E-state index is 6.99. The lowest BCUT2D eigenvalue weighted by atomic mass is 9.86. The Labute approximate surface area is 333 Å². The van der Waals surface area contributed by atoms with Gasteiger partial charge in [-0.15, -0.1) is 0 Å². The molecule has 0 spiro atoms. The summed E-state index contributed by atoms with van der Waals surface area (Å²) in [7, 11) is 0. The molecule has 268 valence electrons. The van der Waals surface area contributed by atoms with Gasteiger partial charge in [-0.2, -0.15) is 0 Å². The van der Waals surface area contributed by atoms with Gasteiger partial charge >= 0.3 is 0 Å². The van der Waals surface area contributed by atoms with Gasteiger partial charge < -0.3 is 8.83 Å². The minimum Gasteiger partial charge on any atom is -0.456 e. The van der Waals surface area contributed by atoms with Crippen LogP contribution >= 0.6 is 0 Å². The monoisotopic (exact) mass is 736 g/mol. The zero-order chi connectivity index (χ0) is 37.9. The minimum absolute atomic E-state index is 0.870. The van der Waals surface area contributed by atoms with E-state index in [-0.39, 0.29) is 0 Å². The highest BCUT2D eigenvalue weighted by molar-refractivity contribution is 6.28. The highest BCUT2D eigenvalue weighted by Crippen LogP contribution is 2.47. The number of hydrogen-bond donors (Lipinski definition) is 0. The molecule has 0 aliphatic heterocycles. The summed E-state index contributed by atoms with van der Waals surface area (Å²) in [6.45, 7) is 0. The molecule has 0 aliphatic carbocycles. The van der Waals surface area contributed by atoms with Crippen molar-refractivity contribution in [1.29, 1.82) is 0 Å². The van der Waals surface area contributed by atoms with E-state index in [9.17, 15) is 0 Å². The van der Waals surface area contributed by atoms with E-state index in [1.165, 1.54) is 60.0 Å². The molecule has 0 saturated heterocycles. The molecule has 58 heavy (non-hydrogen) atoms. The van der Waals surface area contributed by atoms with Gasteiger partial charge in [0.05, 0.1) is 0 Å². The largest absolute Gasteiger partial charge is 0.456 e. The van der Waals surface area contributed by atoms with E-state index >= 15 is 0 Å². The number of benzene rings is 11. The Balaban J connectivity index is 1.05.